The largest absolute Gasteiger partial charge is 0.504 e. The number of phenolic OH excluding ortho intramolecular Hbond substituents is 3. The number of aromatic amines is 1. The number of methoxy groups -OCH3 is 1. The minimum absolute atomic E-state index is 0.0618. The Hall–Kier alpha value is -6.38. The highest BCUT2D eigenvalue weighted by Crippen LogP contribution is 2.42. The first kappa shape index (κ1) is 32.6. The lowest BCUT2D eigenvalue weighted by atomic mass is 10.0. The van der Waals surface area contributed by atoms with Gasteiger partial charge in [-0.25, -0.2) is 4.39 Å². The SMILES string of the molecule is COc1ccc(-c2ccc(CNC(=O)c3c(O)c(O)c(O)c(F)c3F)o2)c2[nH]cc(C(=O)C(=O)N3CCN(C(=O)c4ccccc4)CC3)c12. The van der Waals surface area contributed by atoms with E-state index in [-0.39, 0.29) is 55.7 Å². The molecule has 0 aliphatic carbocycles. The molecule has 5 N–H and O–H groups in total. The summed E-state index contributed by atoms with van der Waals surface area (Å²) in [6.45, 7) is 0.524. The molecular weight excluding hydrogens is 646 g/mol. The first-order chi connectivity index (χ1) is 23.5. The zero-order valence-electron chi connectivity index (χ0n) is 25.8. The molecule has 0 saturated carbocycles. The molecule has 6 rings (SSSR count). The molecule has 0 radical (unpaired) electrons. The normalized spacial score (nSPS) is 13.0. The van der Waals surface area contributed by atoms with E-state index in [4.69, 9.17) is 9.15 Å². The number of benzene rings is 3. The fraction of sp³-hybridized carbons (Fsp3) is 0.176. The van der Waals surface area contributed by atoms with Crippen LogP contribution >= 0.6 is 0 Å². The molecule has 49 heavy (non-hydrogen) atoms. The van der Waals surface area contributed by atoms with Crippen LogP contribution in [0.5, 0.6) is 23.0 Å². The van der Waals surface area contributed by atoms with Crippen LogP contribution in [0.4, 0.5) is 8.78 Å². The zero-order chi connectivity index (χ0) is 35.0. The van der Waals surface area contributed by atoms with E-state index in [1.54, 1.807) is 47.4 Å². The van der Waals surface area contributed by atoms with Crippen molar-refractivity contribution in [2.75, 3.05) is 33.3 Å². The molecule has 13 nitrogen and oxygen atoms in total. The second-order valence-electron chi connectivity index (χ2n) is 11.0. The van der Waals surface area contributed by atoms with Crippen molar-refractivity contribution in [3.8, 4) is 34.3 Å². The lowest BCUT2D eigenvalue weighted by Gasteiger charge is -2.34. The van der Waals surface area contributed by atoms with Gasteiger partial charge in [0.1, 0.15) is 22.8 Å². The number of piperazine rings is 1. The van der Waals surface area contributed by atoms with Gasteiger partial charge in [0.15, 0.2) is 11.6 Å². The van der Waals surface area contributed by atoms with E-state index in [0.717, 1.165) is 0 Å². The lowest BCUT2D eigenvalue weighted by molar-refractivity contribution is -0.127. The first-order valence-electron chi connectivity index (χ1n) is 14.9. The summed E-state index contributed by atoms with van der Waals surface area (Å²) in [5.74, 6) is -10.3. The topological polar surface area (TPSA) is 186 Å². The Labute approximate surface area is 275 Å². The molecule has 1 fully saturated rings. The van der Waals surface area contributed by atoms with Crippen molar-refractivity contribution in [1.29, 1.82) is 0 Å². The number of amides is 3. The van der Waals surface area contributed by atoms with Gasteiger partial charge in [-0.1, -0.05) is 18.2 Å². The van der Waals surface area contributed by atoms with E-state index < -0.39 is 52.0 Å². The molecular formula is C34H28F2N4O9. The Balaban J connectivity index is 1.18. The highest BCUT2D eigenvalue weighted by atomic mass is 19.2. The second kappa shape index (κ2) is 13.0. The molecule has 0 unspecified atom stereocenters. The number of fused-ring (bicyclic) bond motifs is 1. The number of aromatic nitrogens is 1. The molecule has 1 aliphatic heterocycles. The van der Waals surface area contributed by atoms with Crippen LogP contribution in [0.3, 0.4) is 0 Å². The van der Waals surface area contributed by atoms with E-state index in [1.165, 1.54) is 24.3 Å². The van der Waals surface area contributed by atoms with Gasteiger partial charge in [-0.2, -0.15) is 4.39 Å². The van der Waals surface area contributed by atoms with Crippen molar-refractivity contribution >= 4 is 34.4 Å². The maximum atomic E-state index is 14.3. The summed E-state index contributed by atoms with van der Waals surface area (Å²) in [7, 11) is 1.41. The molecule has 0 spiro atoms. The molecule has 3 heterocycles. The summed E-state index contributed by atoms with van der Waals surface area (Å²) in [6, 6.07) is 15.1. The summed E-state index contributed by atoms with van der Waals surface area (Å²) < 4.78 is 39.5. The number of aromatic hydroxyl groups is 3. The molecule has 0 atom stereocenters. The van der Waals surface area contributed by atoms with Gasteiger partial charge in [0.2, 0.25) is 17.3 Å². The Bertz CT molecular complexity index is 2090. The number of H-pyrrole nitrogens is 1. The number of rotatable bonds is 8. The Kier molecular flexibility index (Phi) is 8.65. The summed E-state index contributed by atoms with van der Waals surface area (Å²) >= 11 is 0. The first-order valence-corrected chi connectivity index (χ1v) is 14.9. The zero-order valence-corrected chi connectivity index (χ0v) is 25.8. The number of Topliss-reactive ketones (excluding diaryl/α,β-unsaturated/α-hetero) is 1. The van der Waals surface area contributed by atoms with Crippen LogP contribution in [0, 0.1) is 11.6 Å². The van der Waals surface area contributed by atoms with Crippen LogP contribution in [0.15, 0.2) is 65.2 Å². The average molecular weight is 675 g/mol. The molecule has 2 aromatic heterocycles. The minimum atomic E-state index is -1.91. The van der Waals surface area contributed by atoms with Gasteiger partial charge in [-0.15, -0.1) is 0 Å². The molecule has 5 aromatic rings. The van der Waals surface area contributed by atoms with Gasteiger partial charge < -0.3 is 44.6 Å². The van der Waals surface area contributed by atoms with Crippen LogP contribution in [0.2, 0.25) is 0 Å². The van der Waals surface area contributed by atoms with E-state index in [2.05, 4.69) is 10.3 Å². The number of ether oxygens (including phenoxy) is 1. The number of phenols is 3. The van der Waals surface area contributed by atoms with Crippen LogP contribution < -0.4 is 10.1 Å². The van der Waals surface area contributed by atoms with Crippen LogP contribution in [-0.4, -0.2) is 86.9 Å². The smallest absolute Gasteiger partial charge is 0.295 e. The van der Waals surface area contributed by atoms with Crippen molar-refractivity contribution in [2.24, 2.45) is 0 Å². The minimum Gasteiger partial charge on any atom is -0.504 e. The fourth-order valence-corrected chi connectivity index (χ4v) is 5.64. The summed E-state index contributed by atoms with van der Waals surface area (Å²) in [5.41, 5.74) is 0.253. The quantitative estimate of drug-likeness (QED) is 0.0924. The summed E-state index contributed by atoms with van der Waals surface area (Å²) in [4.78, 5) is 58.3. The standard InChI is InChI=1S/C34H28F2N4O9/c1-48-22-10-8-19(21-9-7-18(49-21)15-38-32(45)24-25(35)26(36)30(43)31(44)29(24)42)27-23(22)20(16-37-27)28(41)34(47)40-13-11-39(12-14-40)33(46)17-5-3-2-4-6-17/h2-10,16,37,42-44H,11-15H2,1H3,(H,38,45). The van der Waals surface area contributed by atoms with Crippen molar-refractivity contribution in [3.05, 3.63) is 94.9 Å². The number of halogens is 2. The fourth-order valence-electron chi connectivity index (χ4n) is 5.64. The molecule has 252 valence electrons. The maximum Gasteiger partial charge on any atom is 0.295 e. The molecule has 3 aromatic carbocycles. The molecule has 1 saturated heterocycles. The highest BCUT2D eigenvalue weighted by Gasteiger charge is 2.32. The second-order valence-corrected chi connectivity index (χ2v) is 11.0. The number of carbonyl (C=O) groups excluding carboxylic acids is 4. The van der Waals surface area contributed by atoms with Crippen LogP contribution in [0.25, 0.3) is 22.2 Å². The number of ketones is 1. The third-order valence-corrected chi connectivity index (χ3v) is 8.21. The van der Waals surface area contributed by atoms with Crippen molar-refractivity contribution in [1.82, 2.24) is 20.1 Å². The number of hydrogen-bond donors (Lipinski definition) is 5. The Morgan fingerprint density at radius 2 is 1.57 bits per heavy atom. The Morgan fingerprint density at radius 3 is 2.27 bits per heavy atom. The van der Waals surface area contributed by atoms with Crippen molar-refractivity contribution < 1.29 is 52.4 Å². The molecule has 3 amide bonds. The lowest BCUT2D eigenvalue weighted by Crippen LogP contribution is -2.52. The number of carbonyl (C=O) groups is 4. The average Bonchev–Trinajstić information content (AvgIpc) is 3.80. The van der Waals surface area contributed by atoms with E-state index in [0.29, 0.717) is 27.8 Å². The predicted octanol–water partition coefficient (Wildman–Crippen LogP) is 3.93. The Morgan fingerprint density at radius 1 is 0.878 bits per heavy atom. The molecule has 1 aliphatic rings. The summed E-state index contributed by atoms with van der Waals surface area (Å²) in [5, 5.41) is 31.4. The maximum absolute atomic E-state index is 14.3. The molecule has 0 bridgehead atoms. The van der Waals surface area contributed by atoms with Gasteiger partial charge in [-0.05, 0) is 36.4 Å². The van der Waals surface area contributed by atoms with Crippen molar-refractivity contribution in [3.63, 3.8) is 0 Å². The third-order valence-electron chi connectivity index (χ3n) is 8.21. The highest BCUT2D eigenvalue weighted by molar-refractivity contribution is 6.45. The molecule has 15 heteroatoms. The number of furan rings is 1. The predicted molar refractivity (Wildman–Crippen MR) is 168 cm³/mol. The monoisotopic (exact) mass is 674 g/mol. The van der Waals surface area contributed by atoms with Crippen molar-refractivity contribution in [2.45, 2.75) is 6.54 Å². The van der Waals surface area contributed by atoms with Gasteiger partial charge in [0.25, 0.3) is 23.5 Å². The van der Waals surface area contributed by atoms with E-state index >= 15 is 0 Å². The van der Waals surface area contributed by atoms with E-state index in [1.807, 2.05) is 6.07 Å². The number of hydrogen-bond acceptors (Lipinski definition) is 9. The summed E-state index contributed by atoms with van der Waals surface area (Å²) in [6.07, 6.45) is 1.39. The number of nitrogens with one attached hydrogen (secondary N) is 2. The number of nitrogens with zero attached hydrogens (tertiary/aromatic N) is 2. The van der Waals surface area contributed by atoms with Crippen LogP contribution in [0.1, 0.15) is 36.8 Å². The van der Waals surface area contributed by atoms with Crippen LogP contribution in [-0.2, 0) is 11.3 Å². The van der Waals surface area contributed by atoms with Gasteiger partial charge in [0.05, 0.1) is 30.1 Å². The van der Waals surface area contributed by atoms with Gasteiger partial charge in [-0.3, -0.25) is 19.2 Å². The third kappa shape index (κ3) is 5.86. The van der Waals surface area contributed by atoms with E-state index in [9.17, 15) is 43.3 Å². The van der Waals surface area contributed by atoms with Gasteiger partial charge >= 0.3 is 0 Å². The van der Waals surface area contributed by atoms with Gasteiger partial charge in [0, 0.05) is 43.5 Å².